The van der Waals surface area contributed by atoms with E-state index < -0.39 is 0 Å². The van der Waals surface area contributed by atoms with Crippen LogP contribution in [0.25, 0.3) is 16.7 Å². The molecule has 72 valence electrons. The number of benzene rings is 1. The van der Waals surface area contributed by atoms with Gasteiger partial charge in [-0.25, -0.2) is 4.68 Å². The first-order valence-corrected chi connectivity index (χ1v) is 4.79. The highest BCUT2D eigenvalue weighted by Crippen LogP contribution is 2.15. The van der Waals surface area contributed by atoms with E-state index in [4.69, 9.17) is 0 Å². The largest absolute Gasteiger partial charge is 0.253 e. The van der Waals surface area contributed by atoms with Crippen LogP contribution in [0.1, 0.15) is 0 Å². The molecule has 3 nitrogen and oxygen atoms in total. The average molecular weight is 195 g/mol. The number of hydrogen-bond acceptors (Lipinski definition) is 2. The van der Waals surface area contributed by atoms with E-state index >= 15 is 0 Å². The Morgan fingerprint density at radius 3 is 2.67 bits per heavy atom. The highest BCUT2D eigenvalue weighted by atomic mass is 15.3. The van der Waals surface area contributed by atoms with E-state index in [9.17, 15) is 0 Å². The lowest BCUT2D eigenvalue weighted by Crippen LogP contribution is -1.94. The number of fused-ring (bicyclic) bond motifs is 1. The number of rotatable bonds is 1. The number of aromatic nitrogens is 3. The second kappa shape index (κ2) is 3.20. The maximum absolute atomic E-state index is 4.32. The van der Waals surface area contributed by atoms with Gasteiger partial charge in [0.05, 0.1) is 17.4 Å². The minimum Gasteiger partial charge on any atom is -0.253 e. The second-order valence-corrected chi connectivity index (χ2v) is 3.30. The molecule has 0 unspecified atom stereocenters. The molecule has 3 aromatic rings. The summed E-state index contributed by atoms with van der Waals surface area (Å²) < 4.78 is 1.89. The Balaban J connectivity index is 2.28. The molecule has 0 aliphatic heterocycles. The number of hydrogen-bond donors (Lipinski definition) is 0. The molecule has 0 bridgehead atoms. The molecule has 0 radical (unpaired) electrons. The summed E-state index contributed by atoms with van der Waals surface area (Å²) in [6, 6.07) is 14.0. The summed E-state index contributed by atoms with van der Waals surface area (Å²) in [5.74, 6) is 0. The summed E-state index contributed by atoms with van der Waals surface area (Å²) in [6.07, 6.45) is 3.56. The Morgan fingerprint density at radius 2 is 1.80 bits per heavy atom. The highest BCUT2D eigenvalue weighted by molar-refractivity contribution is 5.75. The number of para-hydroxylation sites is 1. The van der Waals surface area contributed by atoms with E-state index in [0.717, 1.165) is 16.7 Å². The minimum absolute atomic E-state index is 0.918. The fourth-order valence-corrected chi connectivity index (χ4v) is 1.64. The SMILES string of the molecule is c1ccc(-n2ncc3ncccc32)cc1. The average Bonchev–Trinajstić information content (AvgIpc) is 2.74. The van der Waals surface area contributed by atoms with Crippen molar-refractivity contribution in [1.29, 1.82) is 0 Å². The zero-order valence-corrected chi connectivity index (χ0v) is 8.04. The lowest BCUT2D eigenvalue weighted by molar-refractivity contribution is 0.911. The summed E-state index contributed by atoms with van der Waals surface area (Å²) in [4.78, 5) is 4.24. The summed E-state index contributed by atoms with van der Waals surface area (Å²) in [6.45, 7) is 0. The van der Waals surface area contributed by atoms with Crippen molar-refractivity contribution in [3.05, 3.63) is 54.9 Å². The molecule has 0 amide bonds. The van der Waals surface area contributed by atoms with Crippen LogP contribution < -0.4 is 0 Å². The van der Waals surface area contributed by atoms with Gasteiger partial charge in [0.1, 0.15) is 5.52 Å². The summed E-state index contributed by atoms with van der Waals surface area (Å²) in [5, 5.41) is 4.32. The third-order valence-electron chi connectivity index (χ3n) is 2.34. The van der Waals surface area contributed by atoms with Crippen LogP contribution in [-0.2, 0) is 0 Å². The summed E-state index contributed by atoms with van der Waals surface area (Å²) >= 11 is 0. The van der Waals surface area contributed by atoms with E-state index in [2.05, 4.69) is 10.1 Å². The second-order valence-electron chi connectivity index (χ2n) is 3.30. The lowest BCUT2D eigenvalue weighted by Gasteiger charge is -2.01. The maximum Gasteiger partial charge on any atom is 0.109 e. The first kappa shape index (κ1) is 8.17. The van der Waals surface area contributed by atoms with Crippen molar-refractivity contribution in [1.82, 2.24) is 14.8 Å². The Morgan fingerprint density at radius 1 is 0.933 bits per heavy atom. The van der Waals surface area contributed by atoms with Crippen molar-refractivity contribution in [3.8, 4) is 5.69 Å². The normalized spacial score (nSPS) is 10.7. The fraction of sp³-hybridized carbons (Fsp3) is 0. The molecule has 0 fully saturated rings. The molecular formula is C12H9N3. The van der Waals surface area contributed by atoms with Gasteiger partial charge in [-0.15, -0.1) is 0 Å². The highest BCUT2D eigenvalue weighted by Gasteiger charge is 2.03. The van der Waals surface area contributed by atoms with Crippen molar-refractivity contribution in [2.24, 2.45) is 0 Å². The number of nitrogens with zero attached hydrogens (tertiary/aromatic N) is 3. The van der Waals surface area contributed by atoms with Crippen molar-refractivity contribution in [2.75, 3.05) is 0 Å². The third-order valence-corrected chi connectivity index (χ3v) is 2.34. The van der Waals surface area contributed by atoms with E-state index in [1.165, 1.54) is 0 Å². The van der Waals surface area contributed by atoms with Crippen molar-refractivity contribution < 1.29 is 0 Å². The molecule has 0 N–H and O–H groups in total. The molecular weight excluding hydrogens is 186 g/mol. The van der Waals surface area contributed by atoms with Crippen LogP contribution in [0.5, 0.6) is 0 Å². The zero-order valence-electron chi connectivity index (χ0n) is 8.04. The quantitative estimate of drug-likeness (QED) is 0.597. The van der Waals surface area contributed by atoms with Gasteiger partial charge in [-0.1, -0.05) is 18.2 Å². The Hall–Kier alpha value is -2.16. The van der Waals surface area contributed by atoms with Gasteiger partial charge in [0.2, 0.25) is 0 Å². The minimum atomic E-state index is 0.918. The smallest absolute Gasteiger partial charge is 0.109 e. The molecule has 0 aliphatic carbocycles. The van der Waals surface area contributed by atoms with Crippen LogP contribution >= 0.6 is 0 Å². The van der Waals surface area contributed by atoms with Gasteiger partial charge in [-0.3, -0.25) is 4.98 Å². The van der Waals surface area contributed by atoms with E-state index in [1.807, 2.05) is 47.1 Å². The van der Waals surface area contributed by atoms with Crippen molar-refractivity contribution in [3.63, 3.8) is 0 Å². The first-order valence-electron chi connectivity index (χ1n) is 4.79. The first-order chi connectivity index (χ1) is 7.45. The molecule has 0 atom stereocenters. The molecule has 0 saturated carbocycles. The van der Waals surface area contributed by atoms with Crippen molar-refractivity contribution >= 4 is 11.0 Å². The molecule has 2 aromatic heterocycles. The molecule has 0 aliphatic rings. The number of pyridine rings is 1. The van der Waals surface area contributed by atoms with Crippen LogP contribution in [-0.4, -0.2) is 14.8 Å². The van der Waals surface area contributed by atoms with Gasteiger partial charge in [0.15, 0.2) is 0 Å². The van der Waals surface area contributed by atoms with Gasteiger partial charge in [0, 0.05) is 6.20 Å². The van der Waals surface area contributed by atoms with Crippen LogP contribution in [0.3, 0.4) is 0 Å². The molecule has 1 aromatic carbocycles. The zero-order chi connectivity index (χ0) is 10.1. The molecule has 0 saturated heterocycles. The third kappa shape index (κ3) is 1.29. The lowest BCUT2D eigenvalue weighted by atomic mass is 10.3. The molecule has 0 spiro atoms. The Kier molecular flexibility index (Phi) is 1.75. The maximum atomic E-state index is 4.32. The van der Waals surface area contributed by atoms with Crippen LogP contribution in [0.4, 0.5) is 0 Å². The topological polar surface area (TPSA) is 30.7 Å². The Labute approximate surface area is 87.0 Å². The Bertz CT molecular complexity index is 584. The molecule has 2 heterocycles. The van der Waals surface area contributed by atoms with Crippen LogP contribution in [0, 0.1) is 0 Å². The monoisotopic (exact) mass is 195 g/mol. The predicted molar refractivity (Wildman–Crippen MR) is 58.9 cm³/mol. The standard InChI is InChI=1S/C12H9N3/c1-2-5-10(6-3-1)15-12-7-4-8-13-11(12)9-14-15/h1-9H. The van der Waals surface area contributed by atoms with Crippen LogP contribution in [0.15, 0.2) is 54.9 Å². The van der Waals surface area contributed by atoms with E-state index in [-0.39, 0.29) is 0 Å². The van der Waals surface area contributed by atoms with Gasteiger partial charge in [0.25, 0.3) is 0 Å². The van der Waals surface area contributed by atoms with E-state index in [1.54, 1.807) is 12.4 Å². The van der Waals surface area contributed by atoms with E-state index in [0.29, 0.717) is 0 Å². The van der Waals surface area contributed by atoms with Gasteiger partial charge < -0.3 is 0 Å². The molecule has 15 heavy (non-hydrogen) atoms. The summed E-state index contributed by atoms with van der Waals surface area (Å²) in [7, 11) is 0. The van der Waals surface area contributed by atoms with Gasteiger partial charge in [-0.2, -0.15) is 5.10 Å². The summed E-state index contributed by atoms with van der Waals surface area (Å²) in [5.41, 5.74) is 3.01. The predicted octanol–water partition coefficient (Wildman–Crippen LogP) is 2.42. The molecule has 3 rings (SSSR count). The van der Waals surface area contributed by atoms with Gasteiger partial charge in [-0.05, 0) is 24.3 Å². The van der Waals surface area contributed by atoms with Crippen molar-refractivity contribution in [2.45, 2.75) is 0 Å². The fourth-order valence-electron chi connectivity index (χ4n) is 1.64. The van der Waals surface area contributed by atoms with Gasteiger partial charge >= 0.3 is 0 Å². The van der Waals surface area contributed by atoms with Crippen LogP contribution in [0.2, 0.25) is 0 Å². The molecule has 3 heteroatoms.